The maximum atomic E-state index is 13.1. The molecule has 0 saturated heterocycles. The van der Waals surface area contributed by atoms with Crippen molar-refractivity contribution >= 4 is 23.0 Å². The summed E-state index contributed by atoms with van der Waals surface area (Å²) in [6.45, 7) is 0. The molecule has 2 aromatic rings. The van der Waals surface area contributed by atoms with Crippen molar-refractivity contribution in [3.63, 3.8) is 0 Å². The van der Waals surface area contributed by atoms with Crippen molar-refractivity contribution in [2.75, 3.05) is 7.11 Å². The van der Waals surface area contributed by atoms with Crippen molar-refractivity contribution in [2.45, 2.75) is 0 Å². The van der Waals surface area contributed by atoms with Crippen LogP contribution in [0.3, 0.4) is 0 Å². The van der Waals surface area contributed by atoms with Gasteiger partial charge < -0.3 is 9.47 Å². The molecule has 1 aromatic heterocycles. The van der Waals surface area contributed by atoms with E-state index in [1.165, 1.54) is 13.2 Å². The van der Waals surface area contributed by atoms with Gasteiger partial charge in [0.25, 0.3) is 0 Å². The first-order valence-corrected chi connectivity index (χ1v) is 6.22. The molecular formula is C12H8FN3O3S. The summed E-state index contributed by atoms with van der Waals surface area (Å²) in [6, 6.07) is 5.09. The molecule has 0 aliphatic rings. The average Bonchev–Trinajstić information content (AvgIpc) is 2.89. The zero-order chi connectivity index (χ0) is 14.5. The zero-order valence-electron chi connectivity index (χ0n) is 10.2. The van der Waals surface area contributed by atoms with Gasteiger partial charge in [-0.15, -0.1) is 11.3 Å². The zero-order valence-corrected chi connectivity index (χ0v) is 11.1. The van der Waals surface area contributed by atoms with Gasteiger partial charge in [-0.1, -0.05) is 5.11 Å². The number of benzene rings is 1. The third-order valence-corrected chi connectivity index (χ3v) is 3.17. The number of methoxy groups -OCH3 is 1. The average molecular weight is 293 g/mol. The third kappa shape index (κ3) is 2.87. The van der Waals surface area contributed by atoms with Crippen LogP contribution in [0.2, 0.25) is 0 Å². The topological polar surface area (TPSA) is 84.3 Å². The minimum Gasteiger partial charge on any atom is -0.465 e. The van der Waals surface area contributed by atoms with E-state index in [9.17, 15) is 9.18 Å². The van der Waals surface area contributed by atoms with Crippen LogP contribution >= 0.6 is 11.3 Å². The molecule has 0 amide bonds. The molecule has 0 atom stereocenters. The van der Waals surface area contributed by atoms with Crippen LogP contribution in [0, 0.1) is 5.82 Å². The molecule has 1 aromatic carbocycles. The highest BCUT2D eigenvalue weighted by Gasteiger charge is 2.16. The first-order valence-electron chi connectivity index (χ1n) is 5.34. The van der Waals surface area contributed by atoms with Gasteiger partial charge >= 0.3 is 5.97 Å². The molecule has 0 N–H and O–H groups in total. The summed E-state index contributed by atoms with van der Waals surface area (Å²) < 4.78 is 23.2. The second-order valence-corrected chi connectivity index (χ2v) is 4.43. The molecule has 0 saturated carbocycles. The van der Waals surface area contributed by atoms with Gasteiger partial charge in [0.1, 0.15) is 11.6 Å². The van der Waals surface area contributed by atoms with E-state index in [0.717, 1.165) is 23.5 Å². The molecule has 0 spiro atoms. The molecule has 1 heterocycles. The van der Waals surface area contributed by atoms with E-state index in [4.69, 9.17) is 10.3 Å². The van der Waals surface area contributed by atoms with E-state index in [0.29, 0.717) is 0 Å². The number of rotatable bonds is 4. The maximum absolute atomic E-state index is 13.1. The standard InChI is InChI=1S/C12H8FN3O3S/c1-18-12(17)11-10(4-5-20-11)19-9-3-2-7(13)6-8(9)15-16-14/h2-6H,1H3. The Bertz CT molecular complexity index is 695. The first kappa shape index (κ1) is 13.9. The number of hydrogen-bond acceptors (Lipinski definition) is 5. The van der Waals surface area contributed by atoms with Crippen LogP contribution in [-0.2, 0) is 4.74 Å². The molecule has 0 bridgehead atoms. The Hall–Kier alpha value is -2.57. The fourth-order valence-corrected chi connectivity index (χ4v) is 2.17. The maximum Gasteiger partial charge on any atom is 0.351 e. The molecule has 0 aliphatic heterocycles. The SMILES string of the molecule is COC(=O)c1sccc1Oc1ccc(F)cc1N=[N+]=[N-]. The number of hydrogen-bond donors (Lipinski definition) is 0. The lowest BCUT2D eigenvalue weighted by atomic mass is 10.3. The largest absolute Gasteiger partial charge is 0.465 e. The van der Waals surface area contributed by atoms with Crippen molar-refractivity contribution in [1.29, 1.82) is 0 Å². The molecule has 0 fully saturated rings. The number of azide groups is 1. The molecule has 8 heteroatoms. The Morgan fingerprint density at radius 3 is 2.90 bits per heavy atom. The van der Waals surface area contributed by atoms with Crippen molar-refractivity contribution in [3.05, 3.63) is 50.8 Å². The van der Waals surface area contributed by atoms with Crippen molar-refractivity contribution in [2.24, 2.45) is 5.11 Å². The van der Waals surface area contributed by atoms with E-state index in [-0.39, 0.29) is 22.1 Å². The van der Waals surface area contributed by atoms with Gasteiger partial charge in [-0.05, 0) is 35.2 Å². The van der Waals surface area contributed by atoms with Gasteiger partial charge in [0.2, 0.25) is 0 Å². The minimum absolute atomic E-state index is 0.00508. The smallest absolute Gasteiger partial charge is 0.351 e. The molecule has 0 radical (unpaired) electrons. The van der Waals surface area contributed by atoms with E-state index in [1.807, 2.05) is 0 Å². The Labute approximate surface area is 117 Å². The predicted octanol–water partition coefficient (Wildman–Crippen LogP) is 4.41. The van der Waals surface area contributed by atoms with Crippen molar-refractivity contribution < 1.29 is 18.7 Å². The molecular weight excluding hydrogens is 285 g/mol. The summed E-state index contributed by atoms with van der Waals surface area (Å²) in [6.07, 6.45) is 0. The molecule has 2 rings (SSSR count). The molecule has 0 unspecified atom stereocenters. The number of thiophene rings is 1. The summed E-state index contributed by atoms with van der Waals surface area (Å²) in [5.41, 5.74) is 8.45. The van der Waals surface area contributed by atoms with Gasteiger partial charge in [0, 0.05) is 4.91 Å². The number of carbonyl (C=O) groups excluding carboxylic acids is 1. The highest BCUT2D eigenvalue weighted by Crippen LogP contribution is 2.36. The highest BCUT2D eigenvalue weighted by atomic mass is 32.1. The van der Waals surface area contributed by atoms with Crippen molar-refractivity contribution in [1.82, 2.24) is 0 Å². The quantitative estimate of drug-likeness (QED) is 0.362. The van der Waals surface area contributed by atoms with Crippen LogP contribution in [0.1, 0.15) is 9.67 Å². The monoisotopic (exact) mass is 293 g/mol. The Balaban J connectivity index is 2.38. The lowest BCUT2D eigenvalue weighted by molar-refractivity contribution is 0.0604. The Kier molecular flexibility index (Phi) is 4.19. The second-order valence-electron chi connectivity index (χ2n) is 3.51. The predicted molar refractivity (Wildman–Crippen MR) is 70.9 cm³/mol. The minimum atomic E-state index is -0.557. The van der Waals surface area contributed by atoms with Crippen LogP contribution in [0.4, 0.5) is 10.1 Å². The van der Waals surface area contributed by atoms with Gasteiger partial charge in [-0.25, -0.2) is 9.18 Å². The van der Waals surface area contributed by atoms with E-state index >= 15 is 0 Å². The number of nitrogens with zero attached hydrogens (tertiary/aromatic N) is 3. The summed E-state index contributed by atoms with van der Waals surface area (Å²) in [5.74, 6) is -0.698. The summed E-state index contributed by atoms with van der Waals surface area (Å²) in [4.78, 5) is 14.4. The van der Waals surface area contributed by atoms with Gasteiger partial charge in [0.05, 0.1) is 12.8 Å². The van der Waals surface area contributed by atoms with E-state index in [1.54, 1.807) is 11.4 Å². The lowest BCUT2D eigenvalue weighted by Gasteiger charge is -2.08. The first-order chi connectivity index (χ1) is 9.65. The third-order valence-electron chi connectivity index (χ3n) is 2.29. The van der Waals surface area contributed by atoms with Gasteiger partial charge in [-0.3, -0.25) is 0 Å². The Morgan fingerprint density at radius 2 is 2.20 bits per heavy atom. The summed E-state index contributed by atoms with van der Waals surface area (Å²) in [5, 5.41) is 5.00. The van der Waals surface area contributed by atoms with Crippen LogP contribution in [0.5, 0.6) is 11.5 Å². The normalized spacial score (nSPS) is 9.70. The molecule has 0 aliphatic carbocycles. The van der Waals surface area contributed by atoms with Gasteiger partial charge in [-0.2, -0.15) is 0 Å². The lowest BCUT2D eigenvalue weighted by Crippen LogP contribution is -2.00. The second kappa shape index (κ2) is 6.05. The fraction of sp³-hybridized carbons (Fsp3) is 0.0833. The van der Waals surface area contributed by atoms with Crippen LogP contribution in [-0.4, -0.2) is 13.1 Å². The number of esters is 1. The fourth-order valence-electron chi connectivity index (χ4n) is 1.44. The van der Waals surface area contributed by atoms with Crippen molar-refractivity contribution in [3.8, 4) is 11.5 Å². The van der Waals surface area contributed by atoms with Crippen LogP contribution in [0.25, 0.3) is 10.4 Å². The summed E-state index contributed by atoms with van der Waals surface area (Å²) in [7, 11) is 1.26. The summed E-state index contributed by atoms with van der Waals surface area (Å²) >= 11 is 1.15. The van der Waals surface area contributed by atoms with E-state index in [2.05, 4.69) is 14.8 Å². The number of ether oxygens (including phenoxy) is 2. The molecule has 20 heavy (non-hydrogen) atoms. The molecule has 6 nitrogen and oxygen atoms in total. The van der Waals surface area contributed by atoms with E-state index < -0.39 is 11.8 Å². The number of halogens is 1. The Morgan fingerprint density at radius 1 is 1.40 bits per heavy atom. The van der Waals surface area contributed by atoms with Crippen LogP contribution in [0.15, 0.2) is 34.8 Å². The highest BCUT2D eigenvalue weighted by molar-refractivity contribution is 7.12. The molecule has 102 valence electrons. The van der Waals surface area contributed by atoms with Crippen LogP contribution < -0.4 is 4.74 Å². The number of carbonyl (C=O) groups is 1. The van der Waals surface area contributed by atoms with Gasteiger partial charge in [0.15, 0.2) is 10.6 Å².